The predicted octanol–water partition coefficient (Wildman–Crippen LogP) is 4.91. The van der Waals surface area contributed by atoms with Gasteiger partial charge < -0.3 is 19.8 Å². The molecule has 4 aromatic rings. The number of carbonyl (C=O) groups is 1. The second kappa shape index (κ2) is 10.7. The van der Waals surface area contributed by atoms with E-state index in [1.165, 1.54) is 0 Å². The van der Waals surface area contributed by atoms with Gasteiger partial charge in [0.15, 0.2) is 18.1 Å². The van der Waals surface area contributed by atoms with Crippen LogP contribution in [0.25, 0.3) is 22.7 Å². The summed E-state index contributed by atoms with van der Waals surface area (Å²) in [6.07, 6.45) is 1.71. The summed E-state index contributed by atoms with van der Waals surface area (Å²) in [6.45, 7) is 2.02. The third-order valence-corrected chi connectivity index (χ3v) is 5.00. The van der Waals surface area contributed by atoms with Gasteiger partial charge in [0.05, 0.1) is 34.8 Å². The Labute approximate surface area is 202 Å². The van der Waals surface area contributed by atoms with Crippen LogP contribution in [0.5, 0.6) is 11.5 Å². The summed E-state index contributed by atoms with van der Waals surface area (Å²) < 4.78 is 11.4. The van der Waals surface area contributed by atoms with Gasteiger partial charge in [-0.25, -0.2) is 4.98 Å². The van der Waals surface area contributed by atoms with Gasteiger partial charge in [-0.3, -0.25) is 4.79 Å². The van der Waals surface area contributed by atoms with Crippen LogP contribution in [0.3, 0.4) is 0 Å². The minimum atomic E-state index is -0.349. The number of imidazole rings is 1. The van der Waals surface area contributed by atoms with E-state index in [0.717, 1.165) is 16.6 Å². The minimum Gasteiger partial charge on any atom is -0.490 e. The molecule has 172 valence electrons. The Bertz CT molecular complexity index is 1440. The second-order valence-corrected chi connectivity index (χ2v) is 7.44. The summed E-state index contributed by atoms with van der Waals surface area (Å²) in [4.78, 5) is 19.9. The second-order valence-electron chi connectivity index (χ2n) is 7.44. The molecule has 2 N–H and O–H groups in total. The number of aromatic nitrogens is 2. The average molecular weight is 463 g/mol. The van der Waals surface area contributed by atoms with E-state index in [2.05, 4.69) is 21.4 Å². The lowest BCUT2D eigenvalue weighted by Crippen LogP contribution is -2.20. The lowest BCUT2D eigenvalue weighted by molar-refractivity contribution is -0.118. The molecule has 0 aliphatic carbocycles. The maximum absolute atomic E-state index is 12.3. The molecule has 8 heteroatoms. The van der Waals surface area contributed by atoms with Gasteiger partial charge in [0, 0.05) is 5.69 Å². The number of nitriles is 2. The zero-order valence-electron chi connectivity index (χ0n) is 18.9. The number of benzene rings is 3. The number of nitrogens with zero attached hydrogens (tertiary/aromatic N) is 3. The summed E-state index contributed by atoms with van der Waals surface area (Å²) in [7, 11) is 0. The summed E-state index contributed by atoms with van der Waals surface area (Å²) >= 11 is 0. The van der Waals surface area contributed by atoms with Crippen LogP contribution in [0.1, 0.15) is 23.9 Å². The molecule has 1 amide bonds. The first-order valence-electron chi connectivity index (χ1n) is 10.9. The zero-order chi connectivity index (χ0) is 24.6. The third-order valence-electron chi connectivity index (χ3n) is 5.00. The Morgan fingerprint density at radius 1 is 1.06 bits per heavy atom. The fourth-order valence-corrected chi connectivity index (χ4v) is 3.37. The standard InChI is InChI=1S/C27H21N5O3/c1-2-34-25-14-19(13-20(16-29)27-31-22-5-3-4-6-23(22)32-27)9-12-24(25)35-17-26(33)30-21-10-7-18(15-28)8-11-21/h3-14H,2,17H2,1H3,(H,30,33)(H,31,32)/b20-13+. The van der Waals surface area contributed by atoms with E-state index >= 15 is 0 Å². The molecule has 0 aliphatic rings. The number of H-pyrrole nitrogens is 1. The molecule has 4 rings (SSSR count). The summed E-state index contributed by atoms with van der Waals surface area (Å²) in [5.41, 5.74) is 3.80. The first-order valence-corrected chi connectivity index (χ1v) is 10.9. The number of anilines is 1. The van der Waals surface area contributed by atoms with Gasteiger partial charge in [-0.2, -0.15) is 10.5 Å². The molecular formula is C27H21N5O3. The van der Waals surface area contributed by atoms with Gasteiger partial charge >= 0.3 is 0 Å². The summed E-state index contributed by atoms with van der Waals surface area (Å²) in [5, 5.41) is 21.3. The Kier molecular flexibility index (Phi) is 7.05. The number of carbonyl (C=O) groups excluding carboxylic acids is 1. The number of rotatable bonds is 8. The van der Waals surface area contributed by atoms with Crippen LogP contribution in [-0.4, -0.2) is 29.1 Å². The molecule has 0 saturated heterocycles. The van der Waals surface area contributed by atoms with Gasteiger partial charge in [0.25, 0.3) is 5.91 Å². The van der Waals surface area contributed by atoms with E-state index < -0.39 is 0 Å². The topological polar surface area (TPSA) is 124 Å². The van der Waals surface area contributed by atoms with E-state index in [9.17, 15) is 10.1 Å². The molecule has 1 heterocycles. The molecule has 0 aliphatic heterocycles. The highest BCUT2D eigenvalue weighted by molar-refractivity contribution is 5.92. The number of fused-ring (bicyclic) bond motifs is 1. The van der Waals surface area contributed by atoms with Crippen molar-refractivity contribution in [1.29, 1.82) is 10.5 Å². The van der Waals surface area contributed by atoms with Gasteiger partial charge in [-0.05, 0) is 67.1 Å². The third kappa shape index (κ3) is 5.65. The lowest BCUT2D eigenvalue weighted by atomic mass is 10.1. The van der Waals surface area contributed by atoms with Crippen LogP contribution in [-0.2, 0) is 4.79 Å². The molecule has 3 aromatic carbocycles. The van der Waals surface area contributed by atoms with Crippen molar-refractivity contribution in [3.8, 4) is 23.6 Å². The molecule has 0 radical (unpaired) electrons. The average Bonchev–Trinajstić information content (AvgIpc) is 3.31. The van der Waals surface area contributed by atoms with E-state index in [1.54, 1.807) is 48.5 Å². The fourth-order valence-electron chi connectivity index (χ4n) is 3.37. The quantitative estimate of drug-likeness (QED) is 0.358. The number of aromatic amines is 1. The van der Waals surface area contributed by atoms with E-state index in [1.807, 2.05) is 37.3 Å². The number of allylic oxidation sites excluding steroid dienone is 1. The van der Waals surface area contributed by atoms with Gasteiger partial charge in [0.2, 0.25) is 0 Å². The molecule has 1 aromatic heterocycles. The van der Waals surface area contributed by atoms with Crippen molar-refractivity contribution in [1.82, 2.24) is 9.97 Å². The van der Waals surface area contributed by atoms with Crippen LogP contribution in [0.4, 0.5) is 5.69 Å². The van der Waals surface area contributed by atoms with Crippen molar-refractivity contribution in [2.75, 3.05) is 18.5 Å². The molecule has 0 bridgehead atoms. The van der Waals surface area contributed by atoms with E-state index in [-0.39, 0.29) is 12.5 Å². The smallest absolute Gasteiger partial charge is 0.262 e. The minimum absolute atomic E-state index is 0.225. The van der Waals surface area contributed by atoms with Crippen molar-refractivity contribution in [3.63, 3.8) is 0 Å². The van der Waals surface area contributed by atoms with Gasteiger partial charge in [0.1, 0.15) is 11.9 Å². The van der Waals surface area contributed by atoms with Crippen LogP contribution in [0.15, 0.2) is 66.7 Å². The number of nitrogens with one attached hydrogen (secondary N) is 2. The molecule has 0 saturated carbocycles. The van der Waals surface area contributed by atoms with Crippen LogP contribution >= 0.6 is 0 Å². The largest absolute Gasteiger partial charge is 0.490 e. The van der Waals surface area contributed by atoms with E-state index in [0.29, 0.717) is 40.8 Å². The number of hydrogen-bond acceptors (Lipinski definition) is 6. The normalized spacial score (nSPS) is 10.9. The van der Waals surface area contributed by atoms with Crippen molar-refractivity contribution in [2.45, 2.75) is 6.92 Å². The monoisotopic (exact) mass is 463 g/mol. The summed E-state index contributed by atoms with van der Waals surface area (Å²) in [6, 6.07) is 23.5. The zero-order valence-corrected chi connectivity index (χ0v) is 18.9. The SMILES string of the molecule is CCOc1cc(/C=C(\C#N)c2nc3ccccc3[nH]2)ccc1OCC(=O)Nc1ccc(C#N)cc1. The Morgan fingerprint density at radius 2 is 1.86 bits per heavy atom. The molecular weight excluding hydrogens is 442 g/mol. The van der Waals surface area contributed by atoms with E-state index in [4.69, 9.17) is 14.7 Å². The first kappa shape index (κ1) is 23.1. The van der Waals surface area contributed by atoms with Crippen molar-refractivity contribution in [2.24, 2.45) is 0 Å². The molecule has 35 heavy (non-hydrogen) atoms. The number of ether oxygens (including phenoxy) is 2. The highest BCUT2D eigenvalue weighted by Crippen LogP contribution is 2.30. The van der Waals surface area contributed by atoms with Crippen LogP contribution < -0.4 is 14.8 Å². The number of hydrogen-bond donors (Lipinski definition) is 2. The Balaban J connectivity index is 1.49. The summed E-state index contributed by atoms with van der Waals surface area (Å²) in [5.74, 6) is 0.986. The molecule has 8 nitrogen and oxygen atoms in total. The maximum Gasteiger partial charge on any atom is 0.262 e. The van der Waals surface area contributed by atoms with Crippen LogP contribution in [0, 0.1) is 22.7 Å². The maximum atomic E-state index is 12.3. The molecule has 0 fully saturated rings. The van der Waals surface area contributed by atoms with Crippen LogP contribution in [0.2, 0.25) is 0 Å². The highest BCUT2D eigenvalue weighted by atomic mass is 16.5. The van der Waals surface area contributed by atoms with Gasteiger partial charge in [-0.15, -0.1) is 0 Å². The number of amides is 1. The Morgan fingerprint density at radius 3 is 2.57 bits per heavy atom. The predicted molar refractivity (Wildman–Crippen MR) is 132 cm³/mol. The molecule has 0 spiro atoms. The van der Waals surface area contributed by atoms with Gasteiger partial charge in [-0.1, -0.05) is 18.2 Å². The first-order chi connectivity index (χ1) is 17.1. The Hall–Kier alpha value is -5.08. The molecule has 0 unspecified atom stereocenters. The van der Waals surface area contributed by atoms with Crippen molar-refractivity contribution in [3.05, 3.63) is 83.7 Å². The highest BCUT2D eigenvalue weighted by Gasteiger charge is 2.12. The van der Waals surface area contributed by atoms with Crippen molar-refractivity contribution < 1.29 is 14.3 Å². The van der Waals surface area contributed by atoms with Crippen molar-refractivity contribution >= 4 is 34.3 Å². The lowest BCUT2D eigenvalue weighted by Gasteiger charge is -2.13. The molecule has 0 atom stereocenters. The fraction of sp³-hybridized carbons (Fsp3) is 0.111. The number of para-hydroxylation sites is 2.